The summed E-state index contributed by atoms with van der Waals surface area (Å²) in [5.74, 6) is -0.214. The van der Waals surface area contributed by atoms with Crippen LogP contribution in [0.2, 0.25) is 0 Å². The molecule has 1 aromatic heterocycles. The maximum absolute atomic E-state index is 13.1. The predicted molar refractivity (Wildman–Crippen MR) is 102 cm³/mol. The second-order valence-electron chi connectivity index (χ2n) is 5.01. The quantitative estimate of drug-likeness (QED) is 0.259. The van der Waals surface area contributed by atoms with Gasteiger partial charge in [-0.25, -0.2) is 4.39 Å². The van der Waals surface area contributed by atoms with Gasteiger partial charge in [-0.3, -0.25) is 3.11 Å². The molecule has 0 unspecified atom stereocenters. The lowest BCUT2D eigenvalue weighted by Gasteiger charge is -2.17. The largest absolute Gasteiger partial charge is 0.282 e. The molecule has 4 rings (SSSR count). The molecule has 1 nitrogen and oxygen atoms in total. The summed E-state index contributed by atoms with van der Waals surface area (Å²) in [6, 6.07) is 21.4. The topological polar surface area (TPSA) is 3.24 Å². The fourth-order valence-electron chi connectivity index (χ4n) is 2.60. The molecule has 0 aliphatic carbocycles. The van der Waals surface area contributed by atoms with Crippen LogP contribution in [0.15, 0.2) is 66.7 Å². The van der Waals surface area contributed by atoms with E-state index in [1.807, 2.05) is 0 Å². The Morgan fingerprint density at radius 3 is 2.36 bits per heavy atom. The van der Waals surface area contributed by atoms with Crippen molar-refractivity contribution >= 4 is 65.7 Å². The van der Waals surface area contributed by atoms with Gasteiger partial charge in [0.1, 0.15) is 5.82 Å². The minimum atomic E-state index is -0.214. The van der Waals surface area contributed by atoms with Crippen LogP contribution in [0.25, 0.3) is 20.2 Å². The van der Waals surface area contributed by atoms with E-state index in [1.54, 1.807) is 23.5 Å². The summed E-state index contributed by atoms with van der Waals surface area (Å²) in [6.45, 7) is 0. The first kappa shape index (κ1) is 14.0. The van der Waals surface area contributed by atoms with Crippen molar-refractivity contribution in [3.05, 3.63) is 72.5 Å². The molecule has 22 heavy (non-hydrogen) atoms. The highest BCUT2D eigenvalue weighted by Gasteiger charge is 2.13. The molecule has 1 heterocycles. The molecule has 4 aromatic rings. The van der Waals surface area contributed by atoms with E-state index >= 15 is 0 Å². The second-order valence-corrected chi connectivity index (χ2v) is 7.03. The van der Waals surface area contributed by atoms with Crippen LogP contribution in [-0.4, -0.2) is 0 Å². The lowest BCUT2D eigenvalue weighted by atomic mass is 10.1. The Morgan fingerprint density at radius 2 is 1.55 bits per heavy atom. The van der Waals surface area contributed by atoms with Gasteiger partial charge in [0.25, 0.3) is 0 Å². The number of rotatable bonds is 2. The zero-order chi connectivity index (χ0) is 15.1. The number of nitrogens with zero attached hydrogens (tertiary/aromatic N) is 1. The van der Waals surface area contributed by atoms with E-state index in [0.717, 1.165) is 11.4 Å². The summed E-state index contributed by atoms with van der Waals surface area (Å²) in [6.07, 6.45) is 0. The third kappa shape index (κ3) is 2.27. The van der Waals surface area contributed by atoms with Crippen LogP contribution in [0.1, 0.15) is 0 Å². The summed E-state index contributed by atoms with van der Waals surface area (Å²) in [5, 5.41) is 2.55. The molecule has 0 saturated heterocycles. The average molecular weight is 419 g/mol. The molecule has 0 spiro atoms. The van der Waals surface area contributed by atoms with Gasteiger partial charge in [0.2, 0.25) is 0 Å². The third-order valence-electron chi connectivity index (χ3n) is 3.65. The Labute approximate surface area is 145 Å². The second kappa shape index (κ2) is 5.52. The van der Waals surface area contributed by atoms with Gasteiger partial charge in [-0.1, -0.05) is 30.3 Å². The summed E-state index contributed by atoms with van der Waals surface area (Å²) in [5.41, 5.74) is 2.10. The molecule has 108 valence electrons. The van der Waals surface area contributed by atoms with Gasteiger partial charge in [-0.15, -0.1) is 11.3 Å². The molecule has 0 N–H and O–H groups in total. The summed E-state index contributed by atoms with van der Waals surface area (Å²) >= 11 is 4.07. The highest BCUT2D eigenvalue weighted by molar-refractivity contribution is 14.1. The summed E-state index contributed by atoms with van der Waals surface area (Å²) < 4.78 is 17.7. The fraction of sp³-hybridized carbons (Fsp3) is 0. The first-order valence-corrected chi connectivity index (χ1v) is 8.64. The Kier molecular flexibility index (Phi) is 3.50. The number of thiophene rings is 1. The molecular formula is C18H11FINS. The van der Waals surface area contributed by atoms with Crippen LogP contribution in [0.5, 0.6) is 0 Å². The van der Waals surface area contributed by atoms with Gasteiger partial charge in [0.15, 0.2) is 0 Å². The molecule has 0 bridgehead atoms. The molecule has 0 aliphatic heterocycles. The molecule has 0 aliphatic rings. The predicted octanol–water partition coefficient (Wildman–Crippen LogP) is 6.68. The van der Waals surface area contributed by atoms with Crippen molar-refractivity contribution in [2.24, 2.45) is 0 Å². The van der Waals surface area contributed by atoms with Crippen molar-refractivity contribution in [2.45, 2.75) is 0 Å². The van der Waals surface area contributed by atoms with E-state index in [1.165, 1.54) is 32.3 Å². The number of halogens is 2. The Balaban J connectivity index is 1.92. The molecule has 4 heteroatoms. The van der Waals surface area contributed by atoms with Gasteiger partial charge in [-0.2, -0.15) is 0 Å². The molecule has 3 aromatic carbocycles. The number of benzene rings is 3. The van der Waals surface area contributed by atoms with Crippen molar-refractivity contribution in [2.75, 3.05) is 3.11 Å². The van der Waals surface area contributed by atoms with Crippen molar-refractivity contribution in [3.8, 4) is 0 Å². The van der Waals surface area contributed by atoms with Crippen molar-refractivity contribution < 1.29 is 4.39 Å². The third-order valence-corrected chi connectivity index (χ3v) is 5.93. The van der Waals surface area contributed by atoms with Gasteiger partial charge < -0.3 is 0 Å². The van der Waals surface area contributed by atoms with E-state index in [-0.39, 0.29) is 5.82 Å². The van der Waals surface area contributed by atoms with Crippen LogP contribution >= 0.6 is 34.2 Å². The van der Waals surface area contributed by atoms with Crippen molar-refractivity contribution in [3.63, 3.8) is 0 Å². The Bertz CT molecular complexity index is 962. The first-order chi connectivity index (χ1) is 10.7. The molecule has 0 fully saturated rings. The minimum absolute atomic E-state index is 0.214. The lowest BCUT2D eigenvalue weighted by Crippen LogP contribution is -2.00. The van der Waals surface area contributed by atoms with Crippen LogP contribution in [0, 0.1) is 5.82 Å². The number of hydrogen-bond acceptors (Lipinski definition) is 2. The molecular weight excluding hydrogens is 408 g/mol. The Hall–Kier alpha value is -1.66. The molecule has 0 saturated carbocycles. The maximum atomic E-state index is 13.1. The lowest BCUT2D eigenvalue weighted by molar-refractivity contribution is 0.628. The van der Waals surface area contributed by atoms with Gasteiger partial charge in [0.05, 0.1) is 38.9 Å². The Morgan fingerprint density at radius 1 is 0.818 bits per heavy atom. The molecule has 0 radical (unpaired) electrons. The van der Waals surface area contributed by atoms with Crippen molar-refractivity contribution in [1.82, 2.24) is 0 Å². The maximum Gasteiger partial charge on any atom is 0.123 e. The van der Waals surface area contributed by atoms with E-state index in [9.17, 15) is 4.39 Å². The zero-order valence-electron chi connectivity index (χ0n) is 11.5. The fourth-order valence-corrected chi connectivity index (χ4v) is 4.69. The average Bonchev–Trinajstić information content (AvgIpc) is 2.93. The zero-order valence-corrected chi connectivity index (χ0v) is 14.4. The van der Waals surface area contributed by atoms with E-state index in [0.29, 0.717) is 0 Å². The smallest absolute Gasteiger partial charge is 0.123 e. The normalized spacial score (nSPS) is 11.2. The first-order valence-electron chi connectivity index (χ1n) is 6.86. The van der Waals surface area contributed by atoms with Crippen LogP contribution in [0.4, 0.5) is 15.8 Å². The van der Waals surface area contributed by atoms with Gasteiger partial charge in [-0.05, 0) is 36.4 Å². The number of hydrogen-bond donors (Lipinski definition) is 0. The van der Waals surface area contributed by atoms with Crippen LogP contribution in [0.3, 0.4) is 0 Å². The van der Waals surface area contributed by atoms with Crippen LogP contribution < -0.4 is 3.11 Å². The number of anilines is 2. The summed E-state index contributed by atoms with van der Waals surface area (Å²) in [7, 11) is 0. The van der Waals surface area contributed by atoms with E-state index < -0.39 is 0 Å². The van der Waals surface area contributed by atoms with Crippen LogP contribution in [-0.2, 0) is 0 Å². The molecule has 0 amide bonds. The van der Waals surface area contributed by atoms with Gasteiger partial charge >= 0.3 is 0 Å². The monoisotopic (exact) mass is 419 g/mol. The standard InChI is InChI=1S/C18H11FINS/c19-12-8-10-13(11-9-12)21(20)16-6-3-5-15-14-4-1-2-7-17(14)22-18(15)16/h1-11H. The SMILES string of the molecule is Fc1ccc(N(I)c2cccc3c2sc2ccccc23)cc1. The van der Waals surface area contributed by atoms with Crippen molar-refractivity contribution in [1.29, 1.82) is 0 Å². The van der Waals surface area contributed by atoms with E-state index in [2.05, 4.69) is 68.4 Å². The molecule has 0 atom stereocenters. The highest BCUT2D eigenvalue weighted by atomic mass is 127. The summed E-state index contributed by atoms with van der Waals surface area (Å²) in [4.78, 5) is 0. The highest BCUT2D eigenvalue weighted by Crippen LogP contribution is 2.42. The number of fused-ring (bicyclic) bond motifs is 3. The van der Waals surface area contributed by atoms with Gasteiger partial charge in [0, 0.05) is 15.5 Å². The van der Waals surface area contributed by atoms with E-state index in [4.69, 9.17) is 0 Å². The minimum Gasteiger partial charge on any atom is -0.282 e.